The van der Waals surface area contributed by atoms with Gasteiger partial charge in [0.25, 0.3) is 11.8 Å². The Morgan fingerprint density at radius 3 is 2.12 bits per heavy atom. The lowest BCUT2D eigenvalue weighted by molar-refractivity contribution is -0.0248. The summed E-state index contributed by atoms with van der Waals surface area (Å²) in [5.41, 5.74) is 7.88. The first-order valence-electron chi connectivity index (χ1n) is 28.0. The fraction of sp³-hybridized carbons (Fsp3) is 0.567. The van der Waals surface area contributed by atoms with Crippen LogP contribution in [-0.4, -0.2) is 75.4 Å². The molecular weight excluding hydrogens is 900 g/mol. The lowest BCUT2D eigenvalue weighted by atomic mass is 9.76. The van der Waals surface area contributed by atoms with Crippen molar-refractivity contribution in [1.29, 1.82) is 0 Å². The predicted octanol–water partition coefficient (Wildman–Crippen LogP) is 12.4. The molecule has 9 rings (SSSR count). The van der Waals surface area contributed by atoms with Gasteiger partial charge in [-0.2, -0.15) is 5.10 Å². The minimum Gasteiger partial charge on any atom is -0.381 e. The number of hydrogen-bond acceptors (Lipinski definition) is 8. The van der Waals surface area contributed by atoms with Crippen LogP contribution < -0.4 is 21.3 Å². The molecule has 2 unspecified atom stereocenters. The number of aromatic nitrogens is 3. The van der Waals surface area contributed by atoms with E-state index in [2.05, 4.69) is 64.2 Å². The Labute approximate surface area is 429 Å². The summed E-state index contributed by atoms with van der Waals surface area (Å²) in [5.74, 6) is -0.895. The van der Waals surface area contributed by atoms with Gasteiger partial charge in [-0.3, -0.25) is 14.5 Å². The molecule has 4 fully saturated rings. The second kappa shape index (κ2) is 26.7. The van der Waals surface area contributed by atoms with Gasteiger partial charge in [-0.05, 0) is 98.5 Å². The van der Waals surface area contributed by atoms with E-state index in [0.29, 0.717) is 48.9 Å². The average Bonchev–Trinajstić information content (AvgIpc) is 3.84. The second-order valence-corrected chi connectivity index (χ2v) is 21.0. The normalized spacial score (nSPS) is 18.2. The number of aryl methyl sites for hydroxylation is 2. The Bertz CT molecular complexity index is 2530. The summed E-state index contributed by atoms with van der Waals surface area (Å²) in [7, 11) is 0. The number of nitrogens with zero attached hydrogens (tertiary/aromatic N) is 4. The predicted molar refractivity (Wildman–Crippen MR) is 290 cm³/mol. The van der Waals surface area contributed by atoms with E-state index in [9.17, 15) is 9.59 Å². The van der Waals surface area contributed by atoms with Crippen LogP contribution in [0.1, 0.15) is 186 Å². The van der Waals surface area contributed by atoms with Gasteiger partial charge >= 0.3 is 0 Å². The molecule has 4 aliphatic heterocycles. The van der Waals surface area contributed by atoms with Crippen molar-refractivity contribution >= 4 is 28.5 Å². The maximum atomic E-state index is 15.6. The summed E-state index contributed by atoms with van der Waals surface area (Å²) in [5, 5.41) is 19.3. The van der Waals surface area contributed by atoms with Gasteiger partial charge in [0.2, 0.25) is 0 Å². The van der Waals surface area contributed by atoms with Crippen LogP contribution >= 0.6 is 0 Å². The minimum atomic E-state index is -0.315. The molecule has 3 aromatic carbocycles. The zero-order valence-electron chi connectivity index (χ0n) is 43.8. The number of carbonyl (C=O) groups is 2. The monoisotopic (exact) mass is 983 g/mol. The van der Waals surface area contributed by atoms with E-state index in [1.807, 2.05) is 29.1 Å². The highest BCUT2D eigenvalue weighted by atomic mass is 19.1. The van der Waals surface area contributed by atoms with Gasteiger partial charge < -0.3 is 26.0 Å². The highest BCUT2D eigenvalue weighted by Crippen LogP contribution is 2.39. The molecule has 0 aliphatic carbocycles. The minimum absolute atomic E-state index is 0.174. The summed E-state index contributed by atoms with van der Waals surface area (Å²) in [6.07, 6.45) is 27.3. The fourth-order valence-electron chi connectivity index (χ4n) is 11.5. The lowest BCUT2D eigenvalue weighted by Gasteiger charge is -2.55. The first kappa shape index (κ1) is 53.1. The van der Waals surface area contributed by atoms with E-state index in [4.69, 9.17) is 9.72 Å². The number of pyridine rings is 1. The molecule has 388 valence electrons. The van der Waals surface area contributed by atoms with Gasteiger partial charge in [-0.25, -0.2) is 14.1 Å². The molecule has 72 heavy (non-hydrogen) atoms. The number of amides is 2. The summed E-state index contributed by atoms with van der Waals surface area (Å²) in [6, 6.07) is 21.0. The van der Waals surface area contributed by atoms with Crippen molar-refractivity contribution in [1.82, 2.24) is 35.6 Å². The Balaban J connectivity index is 0.837. The molecular formula is C60H83FN8O3. The van der Waals surface area contributed by atoms with Gasteiger partial charge in [-0.15, -0.1) is 0 Å². The van der Waals surface area contributed by atoms with Gasteiger partial charge in [0, 0.05) is 98.1 Å². The van der Waals surface area contributed by atoms with E-state index in [1.165, 1.54) is 121 Å². The van der Waals surface area contributed by atoms with Gasteiger partial charge in [0.1, 0.15) is 5.82 Å². The van der Waals surface area contributed by atoms with Crippen LogP contribution in [0.3, 0.4) is 0 Å². The molecule has 4 aliphatic rings. The van der Waals surface area contributed by atoms with Crippen molar-refractivity contribution in [3.05, 3.63) is 112 Å². The largest absolute Gasteiger partial charge is 0.381 e. The smallest absolute Gasteiger partial charge is 0.251 e. The van der Waals surface area contributed by atoms with Gasteiger partial charge in [-0.1, -0.05) is 134 Å². The Morgan fingerprint density at radius 2 is 1.46 bits per heavy atom. The number of rotatable bonds is 28. The van der Waals surface area contributed by atoms with E-state index < -0.39 is 0 Å². The van der Waals surface area contributed by atoms with E-state index in [0.717, 1.165) is 71.6 Å². The number of piperidine rings is 2. The number of fused-ring (bicyclic) bond motifs is 4. The van der Waals surface area contributed by atoms with Crippen LogP contribution in [-0.2, 0) is 37.3 Å². The van der Waals surface area contributed by atoms with Crippen molar-refractivity contribution in [3.63, 3.8) is 0 Å². The molecule has 12 heteroatoms. The molecule has 2 atom stereocenters. The molecule has 2 aromatic heterocycles. The van der Waals surface area contributed by atoms with Crippen LogP contribution in [0.5, 0.6) is 0 Å². The molecule has 0 radical (unpaired) electrons. The summed E-state index contributed by atoms with van der Waals surface area (Å²) >= 11 is 0. The Hall–Kier alpha value is -5.17. The number of carbonyl (C=O) groups excluding carboxylic acids is 2. The van der Waals surface area contributed by atoms with Crippen LogP contribution in [0, 0.1) is 5.82 Å². The Kier molecular flexibility index (Phi) is 19.7. The van der Waals surface area contributed by atoms with Crippen LogP contribution in [0.2, 0.25) is 0 Å². The van der Waals surface area contributed by atoms with E-state index in [-0.39, 0.29) is 42.3 Å². The van der Waals surface area contributed by atoms with Crippen molar-refractivity contribution in [2.24, 2.45) is 0 Å². The topological polar surface area (TPSA) is 125 Å². The maximum absolute atomic E-state index is 15.6. The molecule has 6 heterocycles. The highest BCUT2D eigenvalue weighted by molar-refractivity contribution is 6.00. The SMILES string of the molecule is CCCCCCCCCCCCCCCCC12CCC(CN1Cc1cccc(-c3cc(CNC(=O)c4cccc(C(=O)NCc5c(CC)nc6c(cnn6CC)c5NC5CCOCC5)c4)ccc3F)c1)NC2. The zero-order valence-corrected chi connectivity index (χ0v) is 43.8. The van der Waals surface area contributed by atoms with Crippen molar-refractivity contribution in [2.45, 2.75) is 193 Å². The number of benzene rings is 3. The van der Waals surface area contributed by atoms with E-state index >= 15 is 4.39 Å². The third kappa shape index (κ3) is 13.9. The molecule has 0 saturated carbocycles. The molecule has 4 saturated heterocycles. The summed E-state index contributed by atoms with van der Waals surface area (Å²) in [6.45, 7) is 11.9. The number of piperazine rings is 1. The van der Waals surface area contributed by atoms with Crippen LogP contribution in [0.15, 0.2) is 72.9 Å². The lowest BCUT2D eigenvalue weighted by Crippen LogP contribution is -2.68. The Morgan fingerprint density at radius 1 is 0.778 bits per heavy atom. The van der Waals surface area contributed by atoms with E-state index in [1.54, 1.807) is 30.3 Å². The van der Waals surface area contributed by atoms with Crippen molar-refractivity contribution in [3.8, 4) is 11.1 Å². The van der Waals surface area contributed by atoms with Crippen LogP contribution in [0.4, 0.5) is 10.1 Å². The maximum Gasteiger partial charge on any atom is 0.251 e. The zero-order chi connectivity index (χ0) is 50.1. The standard InChI is InChI=1S/C60H83FN8O3/c1-4-7-8-9-10-11-12-13-14-15-16-17-18-19-31-60-32-28-50(64-43-60)42-68(60)41-45-22-20-23-46(35-45)51-36-44(26-27-54(51)61)38-62-58(70)47-24-21-25-48(37-47)59(71)63-39-52-55(5-2)67-57-53(40-65-69(57)6-3)56(52)66-49-29-33-72-34-30-49/h20-27,35-37,40,49-50,64H,4-19,28-34,38-39,41-43H2,1-3H3,(H,62,70)(H,63,71)(H,66,67). The number of unbranched alkanes of at least 4 members (excludes halogenated alkanes) is 13. The number of anilines is 1. The van der Waals surface area contributed by atoms with Crippen LogP contribution in [0.25, 0.3) is 22.2 Å². The third-order valence-corrected chi connectivity index (χ3v) is 15.9. The van der Waals surface area contributed by atoms with Crippen molar-refractivity contribution in [2.75, 3.05) is 31.6 Å². The number of hydrogen-bond donors (Lipinski definition) is 4. The molecule has 0 spiro atoms. The average molecular weight is 983 g/mol. The molecule has 2 amide bonds. The quantitative estimate of drug-likeness (QED) is 0.0365. The third-order valence-electron chi connectivity index (χ3n) is 15.9. The van der Waals surface area contributed by atoms with Gasteiger partial charge in [0.15, 0.2) is 5.65 Å². The first-order valence-corrected chi connectivity index (χ1v) is 28.0. The second-order valence-electron chi connectivity index (χ2n) is 21.0. The van der Waals surface area contributed by atoms with Crippen molar-refractivity contribution < 1.29 is 18.7 Å². The fourth-order valence-corrected chi connectivity index (χ4v) is 11.5. The highest BCUT2D eigenvalue weighted by Gasteiger charge is 2.45. The molecule has 11 nitrogen and oxygen atoms in total. The number of ether oxygens (including phenoxy) is 1. The summed E-state index contributed by atoms with van der Waals surface area (Å²) < 4.78 is 23.2. The molecule has 4 N–H and O–H groups in total. The molecule has 2 bridgehead atoms. The first-order chi connectivity index (χ1) is 35.3. The number of nitrogens with one attached hydrogen (secondary N) is 4. The number of halogens is 1. The summed E-state index contributed by atoms with van der Waals surface area (Å²) in [4.78, 5) is 35.1. The molecule has 5 aromatic rings. The van der Waals surface area contributed by atoms with Gasteiger partial charge in [0.05, 0.1) is 17.3 Å².